The number of carbonyl (C=O) groups is 1. The smallest absolute Gasteiger partial charge is 0.242 e. The van der Waals surface area contributed by atoms with E-state index in [1.54, 1.807) is 24.9 Å². The van der Waals surface area contributed by atoms with Crippen LogP contribution in [0.1, 0.15) is 5.69 Å². The molecular weight excluding hydrogens is 170 g/mol. The summed E-state index contributed by atoms with van der Waals surface area (Å²) in [5.41, 5.74) is 0.648. The van der Waals surface area contributed by atoms with E-state index >= 15 is 0 Å². The van der Waals surface area contributed by atoms with Crippen LogP contribution in [-0.2, 0) is 17.9 Å². The number of imidazole rings is 1. The van der Waals surface area contributed by atoms with E-state index in [-0.39, 0.29) is 19.1 Å². The second-order valence-electron chi connectivity index (χ2n) is 2.96. The molecule has 72 valence electrons. The maximum absolute atomic E-state index is 11.3. The van der Waals surface area contributed by atoms with Gasteiger partial charge in [-0.3, -0.25) is 4.79 Å². The van der Waals surface area contributed by atoms with Gasteiger partial charge in [0.1, 0.15) is 6.54 Å². The number of rotatable bonds is 3. The van der Waals surface area contributed by atoms with Crippen molar-refractivity contribution in [2.24, 2.45) is 0 Å². The van der Waals surface area contributed by atoms with E-state index in [0.29, 0.717) is 5.69 Å². The third-order valence-corrected chi connectivity index (χ3v) is 1.76. The van der Waals surface area contributed by atoms with Gasteiger partial charge in [-0.15, -0.1) is 0 Å². The van der Waals surface area contributed by atoms with Crippen molar-refractivity contribution in [3.63, 3.8) is 0 Å². The van der Waals surface area contributed by atoms with Crippen LogP contribution in [0.3, 0.4) is 0 Å². The number of hydrogen-bond donors (Lipinski definition) is 1. The van der Waals surface area contributed by atoms with E-state index in [0.717, 1.165) is 0 Å². The molecule has 0 aliphatic carbocycles. The molecule has 0 saturated heterocycles. The summed E-state index contributed by atoms with van der Waals surface area (Å²) in [6.07, 6.45) is 3.08. The number of likely N-dealkylation sites (N-methyl/N-ethyl adjacent to an activating group) is 1. The Kier molecular flexibility index (Phi) is 3.02. The van der Waals surface area contributed by atoms with Gasteiger partial charge in [0.15, 0.2) is 0 Å². The van der Waals surface area contributed by atoms with Gasteiger partial charge in [0.2, 0.25) is 5.91 Å². The summed E-state index contributed by atoms with van der Waals surface area (Å²) in [6, 6.07) is 0. The van der Waals surface area contributed by atoms with Crippen LogP contribution < -0.4 is 0 Å². The van der Waals surface area contributed by atoms with Crippen LogP contribution in [0.2, 0.25) is 0 Å². The van der Waals surface area contributed by atoms with Gasteiger partial charge in [0, 0.05) is 14.1 Å². The first-order chi connectivity index (χ1) is 6.15. The minimum absolute atomic E-state index is 0.0206. The number of aliphatic hydroxyl groups excluding tert-OH is 1. The van der Waals surface area contributed by atoms with Gasteiger partial charge in [-0.1, -0.05) is 0 Å². The Bertz CT molecular complexity index is 293. The van der Waals surface area contributed by atoms with Crippen LogP contribution in [0.25, 0.3) is 0 Å². The Morgan fingerprint density at radius 1 is 1.69 bits per heavy atom. The molecule has 0 aromatic carbocycles. The highest BCUT2D eigenvalue weighted by Crippen LogP contribution is 1.99. The molecule has 5 nitrogen and oxygen atoms in total. The molecule has 0 fully saturated rings. The van der Waals surface area contributed by atoms with Gasteiger partial charge in [-0.2, -0.15) is 0 Å². The second kappa shape index (κ2) is 4.04. The number of amides is 1. The number of nitrogens with zero attached hydrogens (tertiary/aromatic N) is 3. The zero-order valence-corrected chi connectivity index (χ0v) is 7.77. The summed E-state index contributed by atoms with van der Waals surface area (Å²) >= 11 is 0. The van der Waals surface area contributed by atoms with Gasteiger partial charge in [-0.25, -0.2) is 4.98 Å². The van der Waals surface area contributed by atoms with Crippen LogP contribution in [-0.4, -0.2) is 39.6 Å². The normalized spacial score (nSPS) is 10.1. The van der Waals surface area contributed by atoms with Crippen molar-refractivity contribution in [2.75, 3.05) is 14.1 Å². The predicted molar refractivity (Wildman–Crippen MR) is 46.8 cm³/mol. The van der Waals surface area contributed by atoms with Crippen LogP contribution in [0.15, 0.2) is 12.5 Å². The predicted octanol–water partition coefficient (Wildman–Crippen LogP) is -0.536. The SMILES string of the molecule is CN(C)C(=O)Cn1cncc1CO. The second-order valence-corrected chi connectivity index (χ2v) is 2.96. The fourth-order valence-electron chi connectivity index (χ4n) is 0.909. The van der Waals surface area contributed by atoms with Crippen molar-refractivity contribution in [3.8, 4) is 0 Å². The Balaban J connectivity index is 2.68. The van der Waals surface area contributed by atoms with E-state index in [9.17, 15) is 4.79 Å². The van der Waals surface area contributed by atoms with Crippen molar-refractivity contribution in [2.45, 2.75) is 13.2 Å². The lowest BCUT2D eigenvalue weighted by atomic mass is 10.4. The monoisotopic (exact) mass is 183 g/mol. The lowest BCUT2D eigenvalue weighted by molar-refractivity contribution is -0.129. The first-order valence-electron chi connectivity index (χ1n) is 3.95. The van der Waals surface area contributed by atoms with E-state index in [2.05, 4.69) is 4.98 Å². The fraction of sp³-hybridized carbons (Fsp3) is 0.500. The van der Waals surface area contributed by atoms with Crippen LogP contribution >= 0.6 is 0 Å². The average molecular weight is 183 g/mol. The molecule has 1 aromatic rings. The lowest BCUT2D eigenvalue weighted by Crippen LogP contribution is -2.26. The van der Waals surface area contributed by atoms with E-state index in [1.807, 2.05) is 0 Å². The van der Waals surface area contributed by atoms with Crippen molar-refractivity contribution < 1.29 is 9.90 Å². The Morgan fingerprint density at radius 3 is 2.92 bits per heavy atom. The Labute approximate surface area is 76.6 Å². The van der Waals surface area contributed by atoms with E-state index in [1.165, 1.54) is 11.2 Å². The molecule has 0 spiro atoms. The van der Waals surface area contributed by atoms with Crippen molar-refractivity contribution >= 4 is 5.91 Å². The van der Waals surface area contributed by atoms with Gasteiger partial charge in [0.25, 0.3) is 0 Å². The summed E-state index contributed by atoms with van der Waals surface area (Å²) in [6.45, 7) is 0.129. The molecule has 0 aliphatic heterocycles. The largest absolute Gasteiger partial charge is 0.390 e. The Morgan fingerprint density at radius 2 is 2.38 bits per heavy atom. The first-order valence-corrected chi connectivity index (χ1v) is 3.95. The summed E-state index contributed by atoms with van der Waals surface area (Å²) in [7, 11) is 3.38. The molecule has 1 amide bonds. The third kappa shape index (κ3) is 2.29. The number of carbonyl (C=O) groups excluding carboxylic acids is 1. The molecule has 0 radical (unpaired) electrons. The quantitative estimate of drug-likeness (QED) is 0.685. The number of aromatic nitrogens is 2. The van der Waals surface area contributed by atoms with Crippen LogP contribution in [0.4, 0.5) is 0 Å². The molecule has 5 heteroatoms. The minimum atomic E-state index is -0.0965. The van der Waals surface area contributed by atoms with Gasteiger partial charge in [-0.05, 0) is 0 Å². The average Bonchev–Trinajstić information content (AvgIpc) is 2.51. The molecule has 1 heterocycles. The van der Waals surface area contributed by atoms with E-state index < -0.39 is 0 Å². The summed E-state index contributed by atoms with van der Waals surface area (Å²) < 4.78 is 1.63. The molecule has 13 heavy (non-hydrogen) atoms. The fourth-order valence-corrected chi connectivity index (χ4v) is 0.909. The molecule has 0 atom stereocenters. The molecule has 1 rings (SSSR count). The van der Waals surface area contributed by atoms with Crippen molar-refractivity contribution in [1.82, 2.24) is 14.5 Å². The highest BCUT2D eigenvalue weighted by atomic mass is 16.3. The molecule has 1 aromatic heterocycles. The lowest BCUT2D eigenvalue weighted by Gasteiger charge is -2.11. The molecule has 1 N–H and O–H groups in total. The number of aliphatic hydroxyl groups is 1. The van der Waals surface area contributed by atoms with Crippen molar-refractivity contribution in [3.05, 3.63) is 18.2 Å². The molecule has 0 unspecified atom stereocenters. The third-order valence-electron chi connectivity index (χ3n) is 1.76. The highest BCUT2D eigenvalue weighted by molar-refractivity contribution is 5.75. The van der Waals surface area contributed by atoms with Gasteiger partial charge >= 0.3 is 0 Å². The maximum atomic E-state index is 11.3. The summed E-state index contributed by atoms with van der Waals surface area (Å²) in [4.78, 5) is 16.6. The van der Waals surface area contributed by atoms with E-state index in [4.69, 9.17) is 5.11 Å². The maximum Gasteiger partial charge on any atom is 0.242 e. The topological polar surface area (TPSA) is 58.4 Å². The Hall–Kier alpha value is -1.36. The molecule has 0 saturated carbocycles. The summed E-state index contributed by atoms with van der Waals surface area (Å²) in [5.74, 6) is -0.0206. The molecule has 0 bridgehead atoms. The van der Waals surface area contributed by atoms with Gasteiger partial charge < -0.3 is 14.6 Å². The molecule has 0 aliphatic rings. The number of hydrogen-bond acceptors (Lipinski definition) is 3. The first kappa shape index (κ1) is 9.73. The minimum Gasteiger partial charge on any atom is -0.390 e. The van der Waals surface area contributed by atoms with Gasteiger partial charge in [0.05, 0.1) is 24.8 Å². The standard InChI is InChI=1S/C8H13N3O2/c1-10(2)8(13)4-11-6-9-3-7(11)5-12/h3,6,12H,4-5H2,1-2H3. The van der Waals surface area contributed by atoms with Crippen LogP contribution in [0, 0.1) is 0 Å². The summed E-state index contributed by atoms with van der Waals surface area (Å²) in [5, 5.41) is 8.87. The highest BCUT2D eigenvalue weighted by Gasteiger charge is 2.07. The zero-order chi connectivity index (χ0) is 9.84. The van der Waals surface area contributed by atoms with Crippen molar-refractivity contribution in [1.29, 1.82) is 0 Å². The van der Waals surface area contributed by atoms with Crippen LogP contribution in [0.5, 0.6) is 0 Å². The zero-order valence-electron chi connectivity index (χ0n) is 7.77. The molecular formula is C8H13N3O2.